The molecule has 1 saturated heterocycles. The highest BCUT2D eigenvalue weighted by molar-refractivity contribution is 8.39. The molecule has 1 N–H and O–H groups in total. The normalized spacial score (nSPS) is 15.4. The van der Waals surface area contributed by atoms with Gasteiger partial charge in [-0.05, 0) is 12.0 Å². The minimum atomic E-state index is -0.0597. The second kappa shape index (κ2) is 6.71. The van der Waals surface area contributed by atoms with Gasteiger partial charge >= 0.3 is 0 Å². The van der Waals surface area contributed by atoms with Crippen molar-refractivity contribution >= 4 is 33.8 Å². The van der Waals surface area contributed by atoms with E-state index in [1.807, 2.05) is 30.3 Å². The van der Waals surface area contributed by atoms with Gasteiger partial charge in [0.25, 0.3) is 0 Å². The fourth-order valence-corrected chi connectivity index (χ4v) is 3.58. The average molecular weight is 266 g/mol. The van der Waals surface area contributed by atoms with Crippen LogP contribution in [0.1, 0.15) is 12.0 Å². The maximum absolute atomic E-state index is 11.6. The molecular weight excluding hydrogens is 252 g/mol. The molecule has 17 heavy (non-hydrogen) atoms. The van der Waals surface area contributed by atoms with Crippen molar-refractivity contribution in [1.82, 2.24) is 5.43 Å². The lowest BCUT2D eigenvalue weighted by molar-refractivity contribution is -0.120. The molecule has 5 heteroatoms. The van der Waals surface area contributed by atoms with Crippen LogP contribution < -0.4 is 5.43 Å². The summed E-state index contributed by atoms with van der Waals surface area (Å²) in [6.07, 6.45) is 1.60. The van der Waals surface area contributed by atoms with Crippen LogP contribution in [0.15, 0.2) is 35.4 Å². The van der Waals surface area contributed by atoms with Crippen LogP contribution in [0.5, 0.6) is 0 Å². The van der Waals surface area contributed by atoms with E-state index in [0.29, 0.717) is 6.42 Å². The average Bonchev–Trinajstić information content (AvgIpc) is 2.39. The van der Waals surface area contributed by atoms with Gasteiger partial charge in [-0.25, -0.2) is 5.43 Å². The van der Waals surface area contributed by atoms with Crippen LogP contribution in [0.2, 0.25) is 0 Å². The Morgan fingerprint density at radius 2 is 1.94 bits per heavy atom. The predicted octanol–water partition coefficient (Wildman–Crippen LogP) is 2.49. The van der Waals surface area contributed by atoms with E-state index in [0.717, 1.165) is 21.4 Å². The Kier molecular flexibility index (Phi) is 4.94. The highest BCUT2D eigenvalue weighted by Gasteiger charge is 2.09. The zero-order valence-corrected chi connectivity index (χ0v) is 11.0. The van der Waals surface area contributed by atoms with Crippen LogP contribution >= 0.6 is 23.5 Å². The van der Waals surface area contributed by atoms with Gasteiger partial charge in [0.2, 0.25) is 5.91 Å². The molecule has 1 aromatic rings. The minimum absolute atomic E-state index is 0.0597. The van der Waals surface area contributed by atoms with E-state index in [4.69, 9.17) is 0 Å². The van der Waals surface area contributed by atoms with Crippen molar-refractivity contribution < 1.29 is 4.79 Å². The van der Waals surface area contributed by atoms with E-state index >= 15 is 0 Å². The monoisotopic (exact) mass is 266 g/mol. The summed E-state index contributed by atoms with van der Waals surface area (Å²) in [6.45, 7) is 0. The molecule has 1 aliphatic rings. The summed E-state index contributed by atoms with van der Waals surface area (Å²) in [4.78, 5) is 11.6. The number of nitrogens with zero attached hydrogens (tertiary/aromatic N) is 1. The zero-order chi connectivity index (χ0) is 11.9. The highest BCUT2D eigenvalue weighted by atomic mass is 32.2. The molecule has 0 saturated carbocycles. The molecule has 1 amide bonds. The van der Waals surface area contributed by atoms with Crippen LogP contribution in [-0.2, 0) is 11.2 Å². The van der Waals surface area contributed by atoms with E-state index in [-0.39, 0.29) is 5.91 Å². The summed E-state index contributed by atoms with van der Waals surface area (Å²) in [5, 5.41) is 4.12. The molecule has 0 spiro atoms. The SMILES string of the molecule is O=C(Cc1ccccc1)NN=C1SCCCS1. The molecule has 1 heterocycles. The van der Waals surface area contributed by atoms with Crippen molar-refractivity contribution in [3.05, 3.63) is 35.9 Å². The van der Waals surface area contributed by atoms with Crippen molar-refractivity contribution in [3.8, 4) is 0 Å². The number of amides is 1. The number of carbonyl (C=O) groups excluding carboxylic acids is 1. The number of benzene rings is 1. The summed E-state index contributed by atoms with van der Waals surface area (Å²) < 4.78 is 0.970. The number of nitrogens with one attached hydrogen (secondary N) is 1. The number of hydrogen-bond donors (Lipinski definition) is 1. The minimum Gasteiger partial charge on any atom is -0.273 e. The van der Waals surface area contributed by atoms with Gasteiger partial charge in [0.15, 0.2) is 0 Å². The second-order valence-electron chi connectivity index (χ2n) is 3.63. The summed E-state index contributed by atoms with van der Waals surface area (Å²) in [6, 6.07) is 9.69. The number of hydrogen-bond acceptors (Lipinski definition) is 4. The molecule has 0 unspecified atom stereocenters. The maximum atomic E-state index is 11.6. The molecule has 0 bridgehead atoms. The zero-order valence-electron chi connectivity index (χ0n) is 9.39. The standard InChI is InChI=1S/C12H14N2OS2/c15-11(9-10-5-2-1-3-6-10)13-14-12-16-7-4-8-17-12/h1-3,5-6H,4,7-9H2,(H,13,15). The first kappa shape index (κ1) is 12.5. The predicted molar refractivity (Wildman–Crippen MR) is 75.3 cm³/mol. The molecule has 2 rings (SSSR count). The molecular formula is C12H14N2OS2. The Labute approximate surface area is 109 Å². The molecule has 0 atom stereocenters. The van der Waals surface area contributed by atoms with Gasteiger partial charge in [0, 0.05) is 11.5 Å². The van der Waals surface area contributed by atoms with Gasteiger partial charge in [-0.15, -0.1) is 0 Å². The first-order chi connectivity index (χ1) is 8.34. The molecule has 0 aliphatic carbocycles. The molecule has 0 aromatic heterocycles. The third-order valence-electron chi connectivity index (χ3n) is 2.22. The first-order valence-corrected chi connectivity index (χ1v) is 7.48. The molecule has 1 aromatic carbocycles. The fraction of sp³-hybridized carbons (Fsp3) is 0.333. The van der Waals surface area contributed by atoms with Gasteiger partial charge in [0.1, 0.15) is 4.38 Å². The van der Waals surface area contributed by atoms with Gasteiger partial charge in [-0.2, -0.15) is 5.10 Å². The summed E-state index contributed by atoms with van der Waals surface area (Å²) >= 11 is 3.42. The molecule has 0 radical (unpaired) electrons. The van der Waals surface area contributed by atoms with Gasteiger partial charge < -0.3 is 0 Å². The smallest absolute Gasteiger partial charge is 0.244 e. The largest absolute Gasteiger partial charge is 0.273 e. The Morgan fingerprint density at radius 3 is 2.65 bits per heavy atom. The van der Waals surface area contributed by atoms with Crippen LogP contribution in [0.4, 0.5) is 0 Å². The number of hydrazone groups is 1. The Bertz CT molecular complexity index is 398. The Balaban J connectivity index is 1.81. The molecule has 3 nitrogen and oxygen atoms in total. The van der Waals surface area contributed by atoms with E-state index in [1.165, 1.54) is 6.42 Å². The van der Waals surface area contributed by atoms with Crippen molar-refractivity contribution in [2.75, 3.05) is 11.5 Å². The third-order valence-corrected chi connectivity index (χ3v) is 4.59. The molecule has 1 fully saturated rings. The van der Waals surface area contributed by atoms with Crippen LogP contribution in [-0.4, -0.2) is 21.8 Å². The maximum Gasteiger partial charge on any atom is 0.244 e. The lowest BCUT2D eigenvalue weighted by Crippen LogP contribution is -2.21. The van der Waals surface area contributed by atoms with Crippen molar-refractivity contribution in [1.29, 1.82) is 0 Å². The van der Waals surface area contributed by atoms with Crippen molar-refractivity contribution in [2.24, 2.45) is 5.10 Å². The fourth-order valence-electron chi connectivity index (χ4n) is 1.41. The van der Waals surface area contributed by atoms with Crippen molar-refractivity contribution in [3.63, 3.8) is 0 Å². The van der Waals surface area contributed by atoms with Gasteiger partial charge in [-0.1, -0.05) is 53.9 Å². The van der Waals surface area contributed by atoms with E-state index in [2.05, 4.69) is 10.5 Å². The summed E-state index contributed by atoms with van der Waals surface area (Å²) in [7, 11) is 0. The van der Waals surface area contributed by atoms with Gasteiger partial charge in [-0.3, -0.25) is 4.79 Å². The third kappa shape index (κ3) is 4.44. The quantitative estimate of drug-likeness (QED) is 0.855. The summed E-state index contributed by atoms with van der Waals surface area (Å²) in [5.74, 6) is 2.14. The highest BCUT2D eigenvalue weighted by Crippen LogP contribution is 2.24. The van der Waals surface area contributed by atoms with Crippen LogP contribution in [0.25, 0.3) is 0 Å². The van der Waals surface area contributed by atoms with E-state index in [1.54, 1.807) is 23.5 Å². The Hall–Kier alpha value is -0.940. The van der Waals surface area contributed by atoms with Crippen LogP contribution in [0, 0.1) is 0 Å². The van der Waals surface area contributed by atoms with Gasteiger partial charge in [0.05, 0.1) is 6.42 Å². The molecule has 90 valence electrons. The topological polar surface area (TPSA) is 41.5 Å². The van der Waals surface area contributed by atoms with Crippen molar-refractivity contribution in [2.45, 2.75) is 12.8 Å². The lowest BCUT2D eigenvalue weighted by Gasteiger charge is -2.10. The lowest BCUT2D eigenvalue weighted by atomic mass is 10.1. The number of thioether (sulfide) groups is 2. The summed E-state index contributed by atoms with van der Waals surface area (Å²) in [5.41, 5.74) is 3.62. The van der Waals surface area contributed by atoms with Crippen LogP contribution in [0.3, 0.4) is 0 Å². The van der Waals surface area contributed by atoms with E-state index < -0.39 is 0 Å². The number of carbonyl (C=O) groups is 1. The Morgan fingerprint density at radius 1 is 1.24 bits per heavy atom. The first-order valence-electron chi connectivity index (χ1n) is 5.50. The molecule has 1 aliphatic heterocycles. The number of rotatable bonds is 3. The second-order valence-corrected chi connectivity index (χ2v) is 6.05. The van der Waals surface area contributed by atoms with E-state index in [9.17, 15) is 4.79 Å².